The second kappa shape index (κ2) is 8.93. The Morgan fingerprint density at radius 2 is 1.97 bits per heavy atom. The molecule has 1 atom stereocenters. The number of ether oxygens (including phenoxy) is 1. The van der Waals surface area contributed by atoms with Crippen LogP contribution in [0.4, 0.5) is 0 Å². The van der Waals surface area contributed by atoms with Crippen molar-refractivity contribution in [3.05, 3.63) is 52.8 Å². The largest absolute Gasteiger partial charge is 0.467 e. The molecule has 1 amide bonds. The number of carbonyl (C=O) groups excluding carboxylic acids is 1. The summed E-state index contributed by atoms with van der Waals surface area (Å²) >= 11 is 0. The van der Waals surface area contributed by atoms with Gasteiger partial charge >= 0.3 is 6.01 Å². The van der Waals surface area contributed by atoms with Gasteiger partial charge in [0.2, 0.25) is 0 Å². The molecule has 7 heteroatoms. The van der Waals surface area contributed by atoms with Gasteiger partial charge < -0.3 is 15.0 Å². The number of carbonyl (C=O) groups is 1. The number of benzene rings is 1. The maximum atomic E-state index is 12.9. The molecule has 0 spiro atoms. The highest BCUT2D eigenvalue weighted by molar-refractivity contribution is 5.98. The molecule has 1 N–H and O–H groups in total. The molecule has 2 saturated heterocycles. The molecule has 1 aromatic carbocycles. The van der Waals surface area contributed by atoms with Crippen LogP contribution < -0.4 is 10.1 Å². The highest BCUT2D eigenvalue weighted by Crippen LogP contribution is 2.33. The van der Waals surface area contributed by atoms with Crippen molar-refractivity contribution in [1.29, 1.82) is 0 Å². The zero-order valence-corrected chi connectivity index (χ0v) is 18.2. The van der Waals surface area contributed by atoms with Crippen LogP contribution in [0.3, 0.4) is 0 Å². The summed E-state index contributed by atoms with van der Waals surface area (Å²) in [7, 11) is 1.58. The average molecular weight is 422 g/mol. The number of fused-ring (bicyclic) bond motifs is 1. The predicted molar refractivity (Wildman–Crippen MR) is 118 cm³/mol. The van der Waals surface area contributed by atoms with Gasteiger partial charge in [0.1, 0.15) is 0 Å². The third-order valence-electron chi connectivity index (χ3n) is 7.00. The average Bonchev–Trinajstić information content (AvgIpc) is 3.16. The first kappa shape index (κ1) is 20.4. The standard InChI is InChI=1S/C24H31N5O2/c1-31-24-26-12-17(13-27-24)15-28-9-6-18(7-10-28)19-4-5-22-20(11-19)16-29(23(22)30)21-3-2-8-25-14-21/h4-5,11-13,18,21,25H,2-3,6-10,14-16H2,1H3. The van der Waals surface area contributed by atoms with Crippen molar-refractivity contribution in [3.8, 4) is 6.01 Å². The lowest BCUT2D eigenvalue weighted by Crippen LogP contribution is -2.46. The number of nitrogens with zero attached hydrogens (tertiary/aromatic N) is 4. The van der Waals surface area contributed by atoms with E-state index in [1.54, 1.807) is 7.11 Å². The second-order valence-corrected chi connectivity index (χ2v) is 8.98. The molecular formula is C24H31N5O2. The van der Waals surface area contributed by atoms with Crippen LogP contribution in [-0.2, 0) is 13.1 Å². The number of nitrogens with one attached hydrogen (secondary N) is 1. The van der Waals surface area contributed by atoms with E-state index in [0.717, 1.165) is 76.1 Å². The first-order valence-corrected chi connectivity index (χ1v) is 11.4. The van der Waals surface area contributed by atoms with Gasteiger partial charge in [-0.2, -0.15) is 0 Å². The molecule has 0 radical (unpaired) electrons. The third kappa shape index (κ3) is 4.29. The molecule has 2 aromatic rings. The molecule has 3 aliphatic heterocycles. The summed E-state index contributed by atoms with van der Waals surface area (Å²) < 4.78 is 5.04. The molecule has 5 rings (SSSR count). The van der Waals surface area contributed by atoms with Crippen LogP contribution in [0.1, 0.15) is 58.6 Å². The normalized spacial score (nSPS) is 22.5. The molecule has 1 unspecified atom stereocenters. The van der Waals surface area contributed by atoms with Gasteiger partial charge in [-0.3, -0.25) is 9.69 Å². The Morgan fingerprint density at radius 3 is 2.68 bits per heavy atom. The van der Waals surface area contributed by atoms with Gasteiger partial charge in [-0.05, 0) is 68.4 Å². The molecule has 2 fully saturated rings. The minimum atomic E-state index is 0.215. The molecule has 0 aliphatic carbocycles. The number of piperidine rings is 2. The highest BCUT2D eigenvalue weighted by Gasteiger charge is 2.34. The zero-order chi connectivity index (χ0) is 21.2. The lowest BCUT2D eigenvalue weighted by Gasteiger charge is -2.32. The fourth-order valence-corrected chi connectivity index (χ4v) is 5.22. The summed E-state index contributed by atoms with van der Waals surface area (Å²) in [5.74, 6) is 0.779. The van der Waals surface area contributed by atoms with Crippen molar-refractivity contribution in [3.63, 3.8) is 0 Å². The second-order valence-electron chi connectivity index (χ2n) is 8.98. The Kier molecular flexibility index (Phi) is 5.87. The summed E-state index contributed by atoms with van der Waals surface area (Å²) in [5.41, 5.74) is 4.63. The van der Waals surface area contributed by atoms with Crippen LogP contribution in [0.5, 0.6) is 6.01 Å². The van der Waals surface area contributed by atoms with Gasteiger partial charge in [-0.1, -0.05) is 12.1 Å². The summed E-state index contributed by atoms with van der Waals surface area (Å²) in [6, 6.07) is 7.32. The first-order chi connectivity index (χ1) is 15.2. The van der Waals surface area contributed by atoms with Crippen LogP contribution in [0.2, 0.25) is 0 Å². The minimum absolute atomic E-state index is 0.215. The van der Waals surface area contributed by atoms with E-state index >= 15 is 0 Å². The summed E-state index contributed by atoms with van der Waals surface area (Å²) in [6.07, 6.45) is 8.24. The van der Waals surface area contributed by atoms with E-state index in [1.165, 1.54) is 11.1 Å². The van der Waals surface area contributed by atoms with Gasteiger partial charge in [-0.15, -0.1) is 0 Å². The number of methoxy groups -OCH3 is 1. The summed E-state index contributed by atoms with van der Waals surface area (Å²) in [5, 5.41) is 3.44. The van der Waals surface area contributed by atoms with E-state index in [0.29, 0.717) is 18.0 Å². The molecule has 164 valence electrons. The van der Waals surface area contributed by atoms with E-state index in [4.69, 9.17) is 4.74 Å². The van der Waals surface area contributed by atoms with Crippen molar-refractivity contribution >= 4 is 5.91 Å². The molecule has 0 bridgehead atoms. The monoisotopic (exact) mass is 421 g/mol. The number of hydrogen-bond acceptors (Lipinski definition) is 6. The van der Waals surface area contributed by atoms with E-state index in [9.17, 15) is 4.79 Å². The SMILES string of the molecule is COc1ncc(CN2CCC(c3ccc4c(c3)CN(C3CCCNC3)C4=O)CC2)cn1. The smallest absolute Gasteiger partial charge is 0.316 e. The lowest BCUT2D eigenvalue weighted by molar-refractivity contribution is 0.0674. The number of hydrogen-bond donors (Lipinski definition) is 1. The van der Waals surface area contributed by atoms with Crippen LogP contribution in [0.25, 0.3) is 0 Å². The molecular weight excluding hydrogens is 390 g/mol. The number of aromatic nitrogens is 2. The maximum absolute atomic E-state index is 12.9. The van der Waals surface area contributed by atoms with Crippen molar-refractivity contribution < 1.29 is 9.53 Å². The van der Waals surface area contributed by atoms with E-state index < -0.39 is 0 Å². The predicted octanol–water partition coefficient (Wildman–Crippen LogP) is 2.57. The van der Waals surface area contributed by atoms with Gasteiger partial charge in [-0.25, -0.2) is 9.97 Å². The first-order valence-electron chi connectivity index (χ1n) is 11.4. The van der Waals surface area contributed by atoms with Crippen LogP contribution in [0, 0.1) is 0 Å². The quantitative estimate of drug-likeness (QED) is 0.800. The molecule has 7 nitrogen and oxygen atoms in total. The van der Waals surface area contributed by atoms with E-state index in [-0.39, 0.29) is 5.91 Å². The molecule has 4 heterocycles. The van der Waals surface area contributed by atoms with Gasteiger partial charge in [0.05, 0.1) is 7.11 Å². The highest BCUT2D eigenvalue weighted by atomic mass is 16.5. The number of rotatable bonds is 5. The molecule has 0 saturated carbocycles. The zero-order valence-electron chi connectivity index (χ0n) is 18.2. The van der Waals surface area contributed by atoms with Crippen LogP contribution >= 0.6 is 0 Å². The summed E-state index contributed by atoms with van der Waals surface area (Å²) in [6.45, 7) is 5.76. The molecule has 31 heavy (non-hydrogen) atoms. The van der Waals surface area contributed by atoms with E-state index in [1.807, 2.05) is 12.4 Å². The fourth-order valence-electron chi connectivity index (χ4n) is 5.22. The third-order valence-corrected chi connectivity index (χ3v) is 7.00. The number of amides is 1. The Morgan fingerprint density at radius 1 is 1.16 bits per heavy atom. The Labute approximate surface area is 183 Å². The topological polar surface area (TPSA) is 70.6 Å². The minimum Gasteiger partial charge on any atom is -0.467 e. The van der Waals surface area contributed by atoms with Crippen LogP contribution in [0.15, 0.2) is 30.6 Å². The molecule has 3 aliphatic rings. The van der Waals surface area contributed by atoms with Crippen molar-refractivity contribution in [2.75, 3.05) is 33.3 Å². The van der Waals surface area contributed by atoms with Crippen molar-refractivity contribution in [1.82, 2.24) is 25.1 Å². The molecule has 1 aromatic heterocycles. The van der Waals surface area contributed by atoms with Gasteiger partial charge in [0.25, 0.3) is 5.91 Å². The Balaban J connectivity index is 1.19. The van der Waals surface area contributed by atoms with Gasteiger partial charge in [0, 0.05) is 49.2 Å². The summed E-state index contributed by atoms with van der Waals surface area (Å²) in [4.78, 5) is 25.9. The van der Waals surface area contributed by atoms with Gasteiger partial charge in [0.15, 0.2) is 0 Å². The van der Waals surface area contributed by atoms with Crippen molar-refractivity contribution in [2.24, 2.45) is 0 Å². The maximum Gasteiger partial charge on any atom is 0.316 e. The van der Waals surface area contributed by atoms with Crippen LogP contribution in [-0.4, -0.2) is 65.0 Å². The lowest BCUT2D eigenvalue weighted by atomic mass is 9.88. The fraction of sp³-hybridized carbons (Fsp3) is 0.542. The van der Waals surface area contributed by atoms with Crippen molar-refractivity contribution in [2.45, 2.75) is 50.7 Å². The Hall–Kier alpha value is -2.51. The number of likely N-dealkylation sites (tertiary alicyclic amines) is 1. The van der Waals surface area contributed by atoms with E-state index in [2.05, 4.69) is 43.3 Å². The Bertz CT molecular complexity index is 918.